The summed E-state index contributed by atoms with van der Waals surface area (Å²) >= 11 is 0. The van der Waals surface area contributed by atoms with Crippen molar-refractivity contribution in [1.29, 1.82) is 0 Å². The highest BCUT2D eigenvalue weighted by atomic mass is 16.7. The number of nitrogens with one attached hydrogen (secondary N) is 3. The van der Waals surface area contributed by atoms with Gasteiger partial charge < -0.3 is 19.6 Å². The third kappa shape index (κ3) is 4.38. The van der Waals surface area contributed by atoms with Gasteiger partial charge in [0.1, 0.15) is 5.52 Å². The topological polar surface area (TPSA) is 109 Å². The summed E-state index contributed by atoms with van der Waals surface area (Å²) in [5.41, 5.74) is 4.46. The number of carbonyl (C=O) groups is 1. The van der Waals surface area contributed by atoms with E-state index in [0.717, 1.165) is 29.7 Å². The van der Waals surface area contributed by atoms with Crippen molar-refractivity contribution in [2.24, 2.45) is 17.8 Å². The van der Waals surface area contributed by atoms with Crippen LogP contribution >= 0.6 is 0 Å². The fourth-order valence-electron chi connectivity index (χ4n) is 7.53. The number of imidazole rings is 1. The quantitative estimate of drug-likeness (QED) is 0.465. The summed E-state index contributed by atoms with van der Waals surface area (Å²) in [6.45, 7) is 5.62. The fraction of sp³-hybridized carbons (Fsp3) is 0.786. The van der Waals surface area contributed by atoms with Crippen LogP contribution in [-0.4, -0.2) is 43.7 Å². The summed E-state index contributed by atoms with van der Waals surface area (Å²) in [4.78, 5) is 34.6. The lowest BCUT2D eigenvalue weighted by Crippen LogP contribution is -2.41. The molecule has 38 heavy (non-hydrogen) atoms. The van der Waals surface area contributed by atoms with E-state index < -0.39 is 12.3 Å². The van der Waals surface area contributed by atoms with Gasteiger partial charge in [-0.2, -0.15) is 4.98 Å². The zero-order chi connectivity index (χ0) is 25.8. The van der Waals surface area contributed by atoms with Crippen LogP contribution in [0, 0.1) is 17.8 Å². The largest absolute Gasteiger partial charge is 0.427 e. The molecular formula is C28H42N8O2. The van der Waals surface area contributed by atoms with Crippen LogP contribution in [0.3, 0.4) is 0 Å². The Morgan fingerprint density at radius 1 is 0.974 bits per heavy atom. The van der Waals surface area contributed by atoms with Crippen LogP contribution in [0.2, 0.25) is 0 Å². The number of aromatic nitrogens is 4. The molecule has 10 nitrogen and oxygen atoms in total. The zero-order valence-corrected chi connectivity index (χ0v) is 22.8. The number of nitrogens with zero attached hydrogens (tertiary/aromatic N) is 5. The molecule has 2 bridgehead atoms. The number of anilines is 2. The number of carbonyl (C=O) groups excluding carboxylic acids is 1. The minimum Gasteiger partial charge on any atom is -0.365 e. The number of fused-ring (bicyclic) bond motifs is 3. The molecule has 1 amide bonds. The maximum Gasteiger partial charge on any atom is 0.427 e. The fourth-order valence-corrected chi connectivity index (χ4v) is 7.53. The monoisotopic (exact) mass is 522 g/mol. The number of rotatable bonds is 7. The Labute approximate surface area is 224 Å². The summed E-state index contributed by atoms with van der Waals surface area (Å²) in [5, 5.41) is 6.56. The summed E-state index contributed by atoms with van der Waals surface area (Å²) in [5.74, 6) is 4.52. The van der Waals surface area contributed by atoms with E-state index in [4.69, 9.17) is 19.8 Å². The van der Waals surface area contributed by atoms with E-state index in [-0.39, 0.29) is 0 Å². The average Bonchev–Trinajstić information content (AvgIpc) is 3.52. The molecule has 3 aliphatic heterocycles. The Kier molecular flexibility index (Phi) is 6.33. The van der Waals surface area contributed by atoms with Gasteiger partial charge in [0.15, 0.2) is 23.5 Å². The van der Waals surface area contributed by atoms with Crippen molar-refractivity contribution < 1.29 is 9.63 Å². The van der Waals surface area contributed by atoms with E-state index in [2.05, 4.69) is 39.4 Å². The van der Waals surface area contributed by atoms with E-state index in [0.29, 0.717) is 41.4 Å². The second-order valence-corrected chi connectivity index (χ2v) is 12.7. The predicted octanol–water partition coefficient (Wildman–Crippen LogP) is 5.02. The van der Waals surface area contributed by atoms with Crippen LogP contribution in [0.5, 0.6) is 0 Å². The molecule has 2 aromatic rings. The summed E-state index contributed by atoms with van der Waals surface area (Å²) in [6, 6.07) is 1.45. The first-order valence-corrected chi connectivity index (χ1v) is 15.1. The molecule has 3 saturated heterocycles. The minimum atomic E-state index is -0.592. The highest BCUT2D eigenvalue weighted by Gasteiger charge is 2.40. The van der Waals surface area contributed by atoms with Crippen molar-refractivity contribution in [3.05, 3.63) is 5.82 Å². The van der Waals surface area contributed by atoms with Gasteiger partial charge in [-0.25, -0.2) is 14.8 Å². The Morgan fingerprint density at radius 3 is 2.37 bits per heavy atom. The van der Waals surface area contributed by atoms with Gasteiger partial charge in [-0.05, 0) is 82.5 Å². The van der Waals surface area contributed by atoms with Gasteiger partial charge in [0.2, 0.25) is 5.95 Å². The van der Waals surface area contributed by atoms with Gasteiger partial charge in [0.25, 0.3) is 0 Å². The van der Waals surface area contributed by atoms with Crippen molar-refractivity contribution in [3.63, 3.8) is 0 Å². The summed E-state index contributed by atoms with van der Waals surface area (Å²) in [7, 11) is 0. The second-order valence-electron chi connectivity index (χ2n) is 12.7. The van der Waals surface area contributed by atoms with Crippen LogP contribution < -0.4 is 21.0 Å². The Morgan fingerprint density at radius 2 is 1.71 bits per heavy atom. The molecule has 5 fully saturated rings. The van der Waals surface area contributed by atoms with Crippen molar-refractivity contribution in [2.45, 2.75) is 122 Å². The number of amides is 1. The number of hydrogen-bond acceptors (Lipinski definition) is 8. The lowest BCUT2D eigenvalue weighted by Gasteiger charge is -2.37. The molecule has 0 aromatic carbocycles. The van der Waals surface area contributed by atoms with Crippen molar-refractivity contribution >= 4 is 29.0 Å². The number of hydrogen-bond donors (Lipinski definition) is 3. The number of hydroxylamine groups is 1. The summed E-state index contributed by atoms with van der Waals surface area (Å²) in [6.07, 6.45) is 14.2. The standard InChI is InChI=1S/C28H42N8O2/c1-16-9-11-18(12-10-16)15-35-22-23(29-17(2)19-5-3-6-19)30-25(26-33-28(37)38-34-26)31-24(22)32-27(35)36-20-7-4-8-21(36)14-13-20/h16-21,26,34H,3-15H2,1-2H3,(H,33,37)(H,29,30,31)/t16?,17-,18?,20?,21?,26?/m1/s1. The highest BCUT2D eigenvalue weighted by Crippen LogP contribution is 2.42. The molecule has 3 N–H and O–H groups in total. The Balaban J connectivity index is 1.34. The van der Waals surface area contributed by atoms with Gasteiger partial charge in [-0.1, -0.05) is 26.2 Å². The first-order chi connectivity index (χ1) is 18.5. The normalized spacial score (nSPS) is 32.2. The average molecular weight is 523 g/mol. The zero-order valence-electron chi connectivity index (χ0n) is 22.8. The molecule has 10 heteroatoms. The highest BCUT2D eigenvalue weighted by molar-refractivity contribution is 5.86. The maximum atomic E-state index is 11.8. The Hall–Kier alpha value is -2.62. The van der Waals surface area contributed by atoms with Gasteiger partial charge in [-0.15, -0.1) is 5.48 Å². The van der Waals surface area contributed by atoms with E-state index in [1.165, 1.54) is 77.0 Å². The maximum absolute atomic E-state index is 11.8. The molecule has 7 rings (SSSR count). The molecule has 5 aliphatic rings. The molecule has 2 saturated carbocycles. The Bertz CT molecular complexity index is 1170. The molecule has 0 radical (unpaired) electrons. The van der Waals surface area contributed by atoms with Crippen LogP contribution in [0.1, 0.15) is 103 Å². The summed E-state index contributed by atoms with van der Waals surface area (Å²) < 4.78 is 2.48. The molecule has 5 heterocycles. The van der Waals surface area contributed by atoms with E-state index in [9.17, 15) is 4.79 Å². The minimum absolute atomic E-state index is 0.311. The molecule has 0 spiro atoms. The van der Waals surface area contributed by atoms with Crippen molar-refractivity contribution in [1.82, 2.24) is 30.3 Å². The molecule has 2 aromatic heterocycles. The van der Waals surface area contributed by atoms with Gasteiger partial charge in [0, 0.05) is 24.7 Å². The molecule has 206 valence electrons. The second kappa shape index (κ2) is 9.84. The molecular weight excluding hydrogens is 480 g/mol. The molecule has 2 aliphatic carbocycles. The SMILES string of the molecule is CC1CCC(Cn2c(N3C4CCCC3CC4)nc3nc(C4NOC(=O)N4)nc(N[C@H](C)C4CCC4)c32)CC1. The molecule has 4 atom stereocenters. The third-order valence-corrected chi connectivity index (χ3v) is 10.1. The lowest BCUT2D eigenvalue weighted by molar-refractivity contribution is 0.120. The van der Waals surface area contributed by atoms with Gasteiger partial charge in [0.05, 0.1) is 0 Å². The number of piperidine rings is 1. The van der Waals surface area contributed by atoms with Crippen LogP contribution in [0.4, 0.5) is 16.6 Å². The van der Waals surface area contributed by atoms with Crippen molar-refractivity contribution in [3.8, 4) is 0 Å². The smallest absolute Gasteiger partial charge is 0.365 e. The van der Waals surface area contributed by atoms with Gasteiger partial charge >= 0.3 is 6.09 Å². The first-order valence-electron chi connectivity index (χ1n) is 15.1. The molecule has 3 unspecified atom stereocenters. The van der Waals surface area contributed by atoms with E-state index >= 15 is 0 Å². The van der Waals surface area contributed by atoms with Crippen molar-refractivity contribution in [2.75, 3.05) is 10.2 Å². The lowest BCUT2D eigenvalue weighted by atomic mass is 9.80. The van der Waals surface area contributed by atoms with Crippen LogP contribution in [0.15, 0.2) is 0 Å². The van der Waals surface area contributed by atoms with Crippen LogP contribution in [-0.2, 0) is 11.4 Å². The third-order valence-electron chi connectivity index (χ3n) is 10.1. The van der Waals surface area contributed by atoms with Gasteiger partial charge in [-0.3, -0.25) is 5.32 Å². The first kappa shape index (κ1) is 24.4. The van der Waals surface area contributed by atoms with E-state index in [1.54, 1.807) is 0 Å². The predicted molar refractivity (Wildman–Crippen MR) is 146 cm³/mol. The van der Waals surface area contributed by atoms with Crippen LogP contribution in [0.25, 0.3) is 11.2 Å². The van der Waals surface area contributed by atoms with E-state index in [1.807, 2.05) is 0 Å².